The van der Waals surface area contributed by atoms with E-state index in [1.165, 1.54) is 0 Å². The molecule has 0 unspecified atom stereocenters. The van der Waals surface area contributed by atoms with Gasteiger partial charge in [0.1, 0.15) is 11.6 Å². The molecule has 0 radical (unpaired) electrons. The zero-order valence-electron chi connectivity index (χ0n) is 9.66. The number of halogens is 4. The number of nitro groups is 1. The molecule has 0 bridgehead atoms. The Labute approximate surface area is 115 Å². The third-order valence-corrected chi connectivity index (χ3v) is 2.67. The summed E-state index contributed by atoms with van der Waals surface area (Å²) in [6.07, 6.45) is 0. The van der Waals surface area contributed by atoms with E-state index in [1.54, 1.807) is 0 Å². The number of nitrogens with one attached hydrogen (secondary N) is 1. The number of hydrogen-bond acceptors (Lipinski definition) is 3. The van der Waals surface area contributed by atoms with E-state index in [0.717, 1.165) is 18.2 Å². The molecule has 2 rings (SSSR count). The highest BCUT2D eigenvalue weighted by molar-refractivity contribution is 6.33. The van der Waals surface area contributed by atoms with Crippen LogP contribution in [0.5, 0.6) is 0 Å². The van der Waals surface area contributed by atoms with Gasteiger partial charge in [-0.15, -0.1) is 0 Å². The predicted octanol–water partition coefficient (Wildman–Crippen LogP) is 4.41. The van der Waals surface area contributed by atoms with E-state index < -0.39 is 28.1 Å². The van der Waals surface area contributed by atoms with E-state index in [4.69, 9.17) is 11.6 Å². The molecule has 1 N–H and O–H groups in total. The van der Waals surface area contributed by atoms with Gasteiger partial charge >= 0.3 is 0 Å². The van der Waals surface area contributed by atoms with Crippen molar-refractivity contribution in [1.29, 1.82) is 0 Å². The second kappa shape index (κ2) is 5.38. The van der Waals surface area contributed by atoms with Gasteiger partial charge in [-0.05, 0) is 12.1 Å². The molecule has 0 heterocycles. The van der Waals surface area contributed by atoms with Crippen LogP contribution in [0, 0.1) is 27.6 Å². The molecule has 0 aliphatic carbocycles. The number of anilines is 2. The first-order valence-electron chi connectivity index (χ1n) is 5.23. The molecule has 4 nitrogen and oxygen atoms in total. The minimum Gasteiger partial charge on any atom is -0.352 e. The van der Waals surface area contributed by atoms with E-state index >= 15 is 0 Å². The molecule has 0 aliphatic rings. The number of nitro benzene ring substituents is 1. The van der Waals surface area contributed by atoms with Crippen LogP contribution in [-0.2, 0) is 0 Å². The lowest BCUT2D eigenvalue weighted by Crippen LogP contribution is -1.98. The molecular weight excluding hydrogens is 297 g/mol. The van der Waals surface area contributed by atoms with Gasteiger partial charge < -0.3 is 5.32 Å². The number of hydrogen-bond donors (Lipinski definition) is 1. The minimum absolute atomic E-state index is 0.0795. The van der Waals surface area contributed by atoms with Gasteiger partial charge in [0.15, 0.2) is 5.82 Å². The Bertz CT molecular complexity index is 671. The van der Waals surface area contributed by atoms with Crippen molar-refractivity contribution in [3.63, 3.8) is 0 Å². The Morgan fingerprint density at radius 2 is 1.70 bits per heavy atom. The Kier molecular flexibility index (Phi) is 3.80. The van der Waals surface area contributed by atoms with Crippen molar-refractivity contribution in [2.24, 2.45) is 0 Å². The second-order valence-corrected chi connectivity index (χ2v) is 4.23. The summed E-state index contributed by atoms with van der Waals surface area (Å²) in [6.45, 7) is 0. The lowest BCUT2D eigenvalue weighted by Gasteiger charge is -2.09. The van der Waals surface area contributed by atoms with E-state index in [0.29, 0.717) is 12.1 Å². The first-order chi connectivity index (χ1) is 9.36. The zero-order chi connectivity index (χ0) is 14.9. The maximum atomic E-state index is 13.5. The van der Waals surface area contributed by atoms with Crippen LogP contribution < -0.4 is 5.32 Å². The van der Waals surface area contributed by atoms with Crippen LogP contribution in [0.4, 0.5) is 30.2 Å². The molecule has 0 aliphatic heterocycles. The Morgan fingerprint density at radius 1 is 1.05 bits per heavy atom. The van der Waals surface area contributed by atoms with Gasteiger partial charge in [0, 0.05) is 17.8 Å². The largest absolute Gasteiger partial charge is 0.352 e. The summed E-state index contributed by atoms with van der Waals surface area (Å²) in [5.41, 5.74) is -0.886. The van der Waals surface area contributed by atoms with Gasteiger partial charge in [0.05, 0.1) is 21.7 Å². The summed E-state index contributed by atoms with van der Waals surface area (Å²) in [6, 6.07) is 4.09. The van der Waals surface area contributed by atoms with Crippen molar-refractivity contribution in [2.75, 3.05) is 5.32 Å². The molecule has 0 saturated carbocycles. The van der Waals surface area contributed by atoms with Gasteiger partial charge in [-0.2, -0.15) is 0 Å². The van der Waals surface area contributed by atoms with Gasteiger partial charge in [-0.1, -0.05) is 11.6 Å². The van der Waals surface area contributed by atoms with Gasteiger partial charge in [-0.3, -0.25) is 10.1 Å². The quantitative estimate of drug-likeness (QED) is 0.675. The molecular formula is C12H6ClF3N2O2. The lowest BCUT2D eigenvalue weighted by molar-refractivity contribution is -0.385. The molecule has 2 aromatic rings. The highest BCUT2D eigenvalue weighted by atomic mass is 35.5. The van der Waals surface area contributed by atoms with Crippen LogP contribution in [0.2, 0.25) is 5.02 Å². The fraction of sp³-hybridized carbons (Fsp3) is 0. The van der Waals surface area contributed by atoms with Crippen molar-refractivity contribution in [3.05, 3.63) is 62.9 Å². The van der Waals surface area contributed by atoms with Crippen LogP contribution in [0.1, 0.15) is 0 Å². The lowest BCUT2D eigenvalue weighted by atomic mass is 10.2. The fourth-order valence-corrected chi connectivity index (χ4v) is 1.80. The molecule has 0 spiro atoms. The predicted molar refractivity (Wildman–Crippen MR) is 67.7 cm³/mol. The molecule has 8 heteroatoms. The monoisotopic (exact) mass is 302 g/mol. The highest BCUT2D eigenvalue weighted by Crippen LogP contribution is 2.31. The topological polar surface area (TPSA) is 55.2 Å². The maximum absolute atomic E-state index is 13.5. The van der Waals surface area contributed by atoms with Gasteiger partial charge in [-0.25, -0.2) is 13.2 Å². The molecule has 2 aromatic carbocycles. The van der Waals surface area contributed by atoms with E-state index in [2.05, 4.69) is 5.32 Å². The number of nitrogens with zero attached hydrogens (tertiary/aromatic N) is 1. The van der Waals surface area contributed by atoms with Crippen LogP contribution in [0.3, 0.4) is 0 Å². The molecule has 0 atom stereocenters. The standard InChI is InChI=1S/C12H6ClF3N2O2/c13-10-3-7(15)4-11(16)12(10)17-8-1-6(14)2-9(5-8)18(19)20/h1-5,17H. The smallest absolute Gasteiger partial charge is 0.274 e. The Balaban J connectivity index is 2.42. The summed E-state index contributed by atoms with van der Waals surface area (Å²) >= 11 is 5.66. The summed E-state index contributed by atoms with van der Waals surface area (Å²) in [4.78, 5) is 9.80. The molecule has 20 heavy (non-hydrogen) atoms. The number of non-ortho nitro benzene ring substituents is 1. The van der Waals surface area contributed by atoms with E-state index in [1.807, 2.05) is 0 Å². The summed E-state index contributed by atoms with van der Waals surface area (Å²) in [5.74, 6) is -2.74. The SMILES string of the molecule is O=[N+]([O-])c1cc(F)cc(Nc2c(F)cc(F)cc2Cl)c1. The van der Waals surface area contributed by atoms with Crippen molar-refractivity contribution < 1.29 is 18.1 Å². The van der Waals surface area contributed by atoms with Gasteiger partial charge in [0.25, 0.3) is 5.69 Å². The third-order valence-electron chi connectivity index (χ3n) is 2.37. The van der Waals surface area contributed by atoms with E-state index in [9.17, 15) is 23.3 Å². The summed E-state index contributed by atoms with van der Waals surface area (Å²) in [5, 5.41) is 12.7. The average molecular weight is 303 g/mol. The maximum Gasteiger partial charge on any atom is 0.274 e. The Hall–Kier alpha value is -2.28. The molecule has 0 aromatic heterocycles. The zero-order valence-corrected chi connectivity index (χ0v) is 10.4. The van der Waals surface area contributed by atoms with Crippen molar-refractivity contribution in [1.82, 2.24) is 0 Å². The number of rotatable bonds is 3. The van der Waals surface area contributed by atoms with Crippen LogP contribution in [0.15, 0.2) is 30.3 Å². The van der Waals surface area contributed by atoms with Crippen LogP contribution in [-0.4, -0.2) is 4.92 Å². The first kappa shape index (κ1) is 14.1. The Morgan fingerprint density at radius 3 is 2.30 bits per heavy atom. The van der Waals surface area contributed by atoms with Gasteiger partial charge in [0.2, 0.25) is 0 Å². The molecule has 104 valence electrons. The van der Waals surface area contributed by atoms with Crippen molar-refractivity contribution in [3.8, 4) is 0 Å². The highest BCUT2D eigenvalue weighted by Gasteiger charge is 2.14. The minimum atomic E-state index is -0.998. The van der Waals surface area contributed by atoms with Crippen molar-refractivity contribution in [2.45, 2.75) is 0 Å². The van der Waals surface area contributed by atoms with Crippen LogP contribution in [0.25, 0.3) is 0 Å². The van der Waals surface area contributed by atoms with E-state index in [-0.39, 0.29) is 16.4 Å². The second-order valence-electron chi connectivity index (χ2n) is 3.82. The normalized spacial score (nSPS) is 10.4. The first-order valence-corrected chi connectivity index (χ1v) is 5.61. The molecule has 0 saturated heterocycles. The average Bonchev–Trinajstić information content (AvgIpc) is 2.33. The summed E-state index contributed by atoms with van der Waals surface area (Å²) < 4.78 is 39.6. The third kappa shape index (κ3) is 3.00. The van der Waals surface area contributed by atoms with Crippen LogP contribution >= 0.6 is 11.6 Å². The summed E-state index contributed by atoms with van der Waals surface area (Å²) in [7, 11) is 0. The number of benzene rings is 2. The molecule has 0 amide bonds. The fourth-order valence-electron chi connectivity index (χ4n) is 1.56. The van der Waals surface area contributed by atoms with Crippen molar-refractivity contribution >= 4 is 28.7 Å². The molecule has 0 fully saturated rings.